The van der Waals surface area contributed by atoms with Gasteiger partial charge in [-0.2, -0.15) is 5.10 Å². The van der Waals surface area contributed by atoms with Crippen molar-refractivity contribution in [2.24, 2.45) is 5.92 Å². The fourth-order valence-corrected chi connectivity index (χ4v) is 2.43. The van der Waals surface area contributed by atoms with Crippen LogP contribution in [0.4, 0.5) is 0 Å². The highest BCUT2D eigenvalue weighted by Crippen LogP contribution is 2.15. The van der Waals surface area contributed by atoms with Crippen LogP contribution in [0.5, 0.6) is 0 Å². The minimum Gasteiger partial charge on any atom is -0.391 e. The van der Waals surface area contributed by atoms with Crippen LogP contribution < -0.4 is 10.6 Å². The Hall–Kier alpha value is -1.76. The van der Waals surface area contributed by atoms with Crippen LogP contribution >= 0.6 is 0 Å². The van der Waals surface area contributed by atoms with Crippen LogP contribution in [0.15, 0.2) is 30.6 Å². The lowest BCUT2D eigenvalue weighted by molar-refractivity contribution is 0.146. The van der Waals surface area contributed by atoms with Crippen molar-refractivity contribution in [3.05, 3.63) is 36.3 Å². The SMILES string of the molecule is OC1CNCC1CNCc1cc(-c2cccnc2)n[nH]1. The molecule has 20 heavy (non-hydrogen) atoms. The first kappa shape index (κ1) is 13.2. The Morgan fingerprint density at radius 3 is 3.10 bits per heavy atom. The average molecular weight is 273 g/mol. The number of aromatic amines is 1. The van der Waals surface area contributed by atoms with Crippen LogP contribution in [0.25, 0.3) is 11.3 Å². The third-order valence-corrected chi connectivity index (χ3v) is 3.61. The second-order valence-electron chi connectivity index (χ2n) is 5.14. The van der Waals surface area contributed by atoms with Crippen molar-refractivity contribution < 1.29 is 5.11 Å². The van der Waals surface area contributed by atoms with Crippen LogP contribution in [0, 0.1) is 5.92 Å². The molecule has 2 aromatic heterocycles. The molecule has 4 N–H and O–H groups in total. The largest absolute Gasteiger partial charge is 0.391 e. The second kappa shape index (κ2) is 6.13. The lowest BCUT2D eigenvalue weighted by Crippen LogP contribution is -2.30. The molecule has 3 heterocycles. The normalized spacial score (nSPS) is 22.2. The number of nitrogens with one attached hydrogen (secondary N) is 3. The summed E-state index contributed by atoms with van der Waals surface area (Å²) in [7, 11) is 0. The molecule has 106 valence electrons. The molecule has 2 atom stereocenters. The quantitative estimate of drug-likeness (QED) is 0.623. The molecule has 0 aliphatic carbocycles. The standard InChI is InChI=1S/C14H19N5O/c20-14-9-17-7-11(14)6-16-8-12-4-13(19-18-12)10-2-1-3-15-5-10/h1-5,11,14,16-17,20H,6-9H2,(H,18,19). The van der Waals surface area contributed by atoms with Gasteiger partial charge >= 0.3 is 0 Å². The van der Waals surface area contributed by atoms with Crippen molar-refractivity contribution in [1.29, 1.82) is 0 Å². The molecule has 0 radical (unpaired) electrons. The van der Waals surface area contributed by atoms with Gasteiger partial charge in [-0.15, -0.1) is 0 Å². The highest BCUT2D eigenvalue weighted by atomic mass is 16.3. The predicted octanol–water partition coefficient (Wildman–Crippen LogP) is 0.142. The molecule has 2 aromatic rings. The van der Waals surface area contributed by atoms with Crippen molar-refractivity contribution in [3.63, 3.8) is 0 Å². The zero-order chi connectivity index (χ0) is 13.8. The Morgan fingerprint density at radius 1 is 1.40 bits per heavy atom. The molecule has 0 bridgehead atoms. The lowest BCUT2D eigenvalue weighted by Gasteiger charge is -2.13. The summed E-state index contributed by atoms with van der Waals surface area (Å²) in [5.41, 5.74) is 2.94. The molecule has 6 heteroatoms. The van der Waals surface area contributed by atoms with E-state index in [9.17, 15) is 5.11 Å². The van der Waals surface area contributed by atoms with Crippen molar-refractivity contribution >= 4 is 0 Å². The minimum atomic E-state index is -0.241. The van der Waals surface area contributed by atoms with Crippen LogP contribution in [0.2, 0.25) is 0 Å². The molecule has 2 unspecified atom stereocenters. The molecule has 0 aromatic carbocycles. The van der Waals surface area contributed by atoms with Gasteiger partial charge in [0.15, 0.2) is 0 Å². The van der Waals surface area contributed by atoms with Crippen LogP contribution in [-0.2, 0) is 6.54 Å². The number of β-amino-alcohol motifs (C(OH)–C–C–N with tert-alkyl or cyclic N) is 1. The van der Waals surface area contributed by atoms with Gasteiger partial charge in [-0.05, 0) is 18.2 Å². The summed E-state index contributed by atoms with van der Waals surface area (Å²) in [4.78, 5) is 4.09. The van der Waals surface area contributed by atoms with E-state index in [4.69, 9.17) is 0 Å². The highest BCUT2D eigenvalue weighted by molar-refractivity contribution is 5.57. The number of hydrogen-bond acceptors (Lipinski definition) is 5. The minimum absolute atomic E-state index is 0.241. The molecule has 1 saturated heterocycles. The van der Waals surface area contributed by atoms with Crippen LogP contribution in [0.3, 0.4) is 0 Å². The maximum atomic E-state index is 9.71. The molecule has 0 saturated carbocycles. The number of aromatic nitrogens is 3. The van der Waals surface area contributed by atoms with Gasteiger partial charge in [0.05, 0.1) is 11.8 Å². The molecule has 1 aliphatic rings. The molecular formula is C14H19N5O. The predicted molar refractivity (Wildman–Crippen MR) is 75.9 cm³/mol. The molecule has 0 amide bonds. The summed E-state index contributed by atoms with van der Waals surface area (Å²) in [5.74, 6) is 0.288. The molecular weight excluding hydrogens is 254 g/mol. The van der Waals surface area contributed by atoms with E-state index in [1.807, 2.05) is 18.2 Å². The van der Waals surface area contributed by atoms with E-state index in [0.29, 0.717) is 6.54 Å². The van der Waals surface area contributed by atoms with Gasteiger partial charge < -0.3 is 15.7 Å². The fraction of sp³-hybridized carbons (Fsp3) is 0.429. The summed E-state index contributed by atoms with van der Waals surface area (Å²) in [6.07, 6.45) is 3.31. The average Bonchev–Trinajstić information content (AvgIpc) is 3.10. The topological polar surface area (TPSA) is 85.9 Å². The Bertz CT molecular complexity index is 542. The Morgan fingerprint density at radius 2 is 2.35 bits per heavy atom. The summed E-state index contributed by atoms with van der Waals surface area (Å²) in [5, 5.41) is 23.5. The molecule has 0 spiro atoms. The van der Waals surface area contributed by atoms with Crippen molar-refractivity contribution in [2.45, 2.75) is 12.6 Å². The number of nitrogens with zero attached hydrogens (tertiary/aromatic N) is 2. The Kier molecular flexibility index (Phi) is 4.05. The van der Waals surface area contributed by atoms with E-state index in [1.165, 1.54) is 0 Å². The number of hydrogen-bond donors (Lipinski definition) is 4. The third-order valence-electron chi connectivity index (χ3n) is 3.61. The molecule has 1 fully saturated rings. The maximum absolute atomic E-state index is 9.71. The van der Waals surface area contributed by atoms with E-state index >= 15 is 0 Å². The smallest absolute Gasteiger partial charge is 0.0939 e. The van der Waals surface area contributed by atoms with Gasteiger partial charge in [0.25, 0.3) is 0 Å². The molecule has 1 aliphatic heterocycles. The number of aliphatic hydroxyl groups excluding tert-OH is 1. The first-order valence-electron chi connectivity index (χ1n) is 6.87. The molecule has 6 nitrogen and oxygen atoms in total. The van der Waals surface area contributed by atoms with E-state index in [2.05, 4.69) is 25.8 Å². The fourth-order valence-electron chi connectivity index (χ4n) is 2.43. The number of rotatable bonds is 5. The van der Waals surface area contributed by atoms with E-state index in [1.54, 1.807) is 12.4 Å². The van der Waals surface area contributed by atoms with Gasteiger partial charge in [-0.3, -0.25) is 10.1 Å². The van der Waals surface area contributed by atoms with Crippen molar-refractivity contribution in [2.75, 3.05) is 19.6 Å². The first-order chi connectivity index (χ1) is 9.83. The van der Waals surface area contributed by atoms with Gasteiger partial charge in [-0.25, -0.2) is 0 Å². The van der Waals surface area contributed by atoms with Crippen molar-refractivity contribution in [3.8, 4) is 11.3 Å². The van der Waals surface area contributed by atoms with E-state index in [-0.39, 0.29) is 12.0 Å². The maximum Gasteiger partial charge on any atom is 0.0939 e. The van der Waals surface area contributed by atoms with Crippen LogP contribution in [-0.4, -0.2) is 46.0 Å². The summed E-state index contributed by atoms with van der Waals surface area (Å²) >= 11 is 0. The number of aliphatic hydroxyl groups is 1. The second-order valence-corrected chi connectivity index (χ2v) is 5.14. The van der Waals surface area contributed by atoms with Gasteiger partial charge in [0.1, 0.15) is 0 Å². The Balaban J connectivity index is 1.53. The number of pyridine rings is 1. The highest BCUT2D eigenvalue weighted by Gasteiger charge is 2.24. The number of H-pyrrole nitrogens is 1. The van der Waals surface area contributed by atoms with Gasteiger partial charge in [-0.1, -0.05) is 0 Å². The zero-order valence-electron chi connectivity index (χ0n) is 11.2. The summed E-state index contributed by atoms with van der Waals surface area (Å²) in [6.45, 7) is 3.09. The summed E-state index contributed by atoms with van der Waals surface area (Å²) in [6, 6.07) is 5.91. The zero-order valence-corrected chi connectivity index (χ0v) is 11.2. The van der Waals surface area contributed by atoms with E-state index in [0.717, 1.165) is 36.6 Å². The summed E-state index contributed by atoms with van der Waals surface area (Å²) < 4.78 is 0. The lowest BCUT2D eigenvalue weighted by atomic mass is 10.1. The Labute approximate surface area is 117 Å². The van der Waals surface area contributed by atoms with E-state index < -0.39 is 0 Å². The van der Waals surface area contributed by atoms with Gasteiger partial charge in [0, 0.05) is 55.7 Å². The third kappa shape index (κ3) is 3.04. The monoisotopic (exact) mass is 273 g/mol. The molecule has 3 rings (SSSR count). The first-order valence-corrected chi connectivity index (χ1v) is 6.87. The van der Waals surface area contributed by atoms with Crippen LogP contribution in [0.1, 0.15) is 5.69 Å². The van der Waals surface area contributed by atoms with Crippen molar-refractivity contribution in [1.82, 2.24) is 25.8 Å². The van der Waals surface area contributed by atoms with Gasteiger partial charge in [0.2, 0.25) is 0 Å².